The molecule has 3 N–H and O–H groups in total. The maximum absolute atomic E-state index is 12.4. The van der Waals surface area contributed by atoms with Crippen LogP contribution in [0.5, 0.6) is 0 Å². The molecule has 65 heavy (non-hydrogen) atoms. The van der Waals surface area contributed by atoms with Crippen molar-refractivity contribution < 1.29 is 24.5 Å². The Balaban J connectivity index is 3.38. The zero-order valence-corrected chi connectivity index (χ0v) is 43.7. The summed E-state index contributed by atoms with van der Waals surface area (Å²) in [6, 6.07) is -0.627. The average molecular weight is 917 g/mol. The first-order valence-corrected chi connectivity index (χ1v) is 29.1. The Labute approximate surface area is 405 Å². The summed E-state index contributed by atoms with van der Waals surface area (Å²) in [5.41, 5.74) is 0. The molecule has 0 spiro atoms. The summed E-state index contributed by atoms with van der Waals surface area (Å²) in [6.45, 7) is 4.89. The molecule has 0 saturated carbocycles. The van der Waals surface area contributed by atoms with Gasteiger partial charge < -0.3 is 20.3 Å². The van der Waals surface area contributed by atoms with Crippen LogP contribution in [0, 0.1) is 0 Å². The van der Waals surface area contributed by atoms with Gasteiger partial charge in [-0.3, -0.25) is 9.59 Å². The van der Waals surface area contributed by atoms with Crippen molar-refractivity contribution in [3.05, 3.63) is 24.3 Å². The average Bonchev–Trinajstić information content (AvgIpc) is 3.31. The van der Waals surface area contributed by atoms with Crippen molar-refractivity contribution in [3.8, 4) is 0 Å². The van der Waals surface area contributed by atoms with Crippen LogP contribution in [-0.2, 0) is 14.3 Å². The molecule has 0 bridgehead atoms. The lowest BCUT2D eigenvalue weighted by Gasteiger charge is -2.20. The number of hydrogen-bond acceptors (Lipinski definition) is 5. The molecule has 0 aliphatic heterocycles. The SMILES string of the molecule is CCCCCCCC/C=C\CCCCCCCCCC(=O)OCCCCCCCCCCCCCCCCCCCCCCC(=O)NC(CO)C(O)/C=C/CCCCCCCCCCC. The zero-order valence-electron chi connectivity index (χ0n) is 43.7. The number of allylic oxidation sites excluding steroid dienone is 3. The Morgan fingerprint density at radius 2 is 0.723 bits per heavy atom. The van der Waals surface area contributed by atoms with Gasteiger partial charge in [-0.15, -0.1) is 0 Å². The van der Waals surface area contributed by atoms with Crippen LogP contribution in [0.2, 0.25) is 0 Å². The van der Waals surface area contributed by atoms with Gasteiger partial charge >= 0.3 is 5.97 Å². The number of rotatable bonds is 54. The fourth-order valence-corrected chi connectivity index (χ4v) is 8.98. The fraction of sp³-hybridized carbons (Fsp3) is 0.898. The smallest absolute Gasteiger partial charge is 0.305 e. The predicted octanol–water partition coefficient (Wildman–Crippen LogP) is 17.9. The molecule has 0 aliphatic rings. The van der Waals surface area contributed by atoms with Crippen LogP contribution in [0.1, 0.15) is 316 Å². The Morgan fingerprint density at radius 3 is 1.09 bits per heavy atom. The van der Waals surface area contributed by atoms with E-state index in [0.717, 1.165) is 44.9 Å². The lowest BCUT2D eigenvalue weighted by molar-refractivity contribution is -0.143. The highest BCUT2D eigenvalue weighted by molar-refractivity contribution is 5.76. The molecule has 0 aromatic carbocycles. The van der Waals surface area contributed by atoms with E-state index in [1.165, 1.54) is 244 Å². The number of esters is 1. The molecular formula is C59H113NO5. The summed E-state index contributed by atoms with van der Waals surface area (Å²) >= 11 is 0. The first-order valence-electron chi connectivity index (χ1n) is 29.1. The van der Waals surface area contributed by atoms with Gasteiger partial charge in [0.05, 0.1) is 25.4 Å². The van der Waals surface area contributed by atoms with E-state index in [4.69, 9.17) is 4.74 Å². The third kappa shape index (κ3) is 51.6. The molecule has 0 rings (SSSR count). The number of carbonyl (C=O) groups is 2. The third-order valence-electron chi connectivity index (χ3n) is 13.5. The van der Waals surface area contributed by atoms with Crippen LogP contribution >= 0.6 is 0 Å². The van der Waals surface area contributed by atoms with Gasteiger partial charge in [0, 0.05) is 12.8 Å². The molecule has 0 radical (unpaired) electrons. The van der Waals surface area contributed by atoms with Gasteiger partial charge in [0.25, 0.3) is 0 Å². The van der Waals surface area contributed by atoms with E-state index in [9.17, 15) is 19.8 Å². The van der Waals surface area contributed by atoms with Crippen LogP contribution in [0.15, 0.2) is 24.3 Å². The summed E-state index contributed by atoms with van der Waals surface area (Å²) in [6.07, 6.45) is 66.3. The standard InChI is InChI=1S/C59H113NO5/c1-3-5-7-9-11-13-15-16-17-22-26-29-33-37-41-45-49-53-59(64)65-54-50-46-42-38-34-30-27-24-21-19-18-20-23-25-28-32-36-40-44-48-52-58(63)60-56(55-61)57(62)51-47-43-39-35-31-14-12-10-8-6-4-2/h16-17,47,51,56-57,61-62H,3-15,18-46,48-50,52-55H2,1-2H3,(H,60,63)/b17-16-,51-47+. The molecule has 384 valence electrons. The second-order valence-corrected chi connectivity index (χ2v) is 20.0. The summed E-state index contributed by atoms with van der Waals surface area (Å²) < 4.78 is 5.49. The first kappa shape index (κ1) is 63.3. The van der Waals surface area contributed by atoms with E-state index < -0.39 is 12.1 Å². The largest absolute Gasteiger partial charge is 0.466 e. The van der Waals surface area contributed by atoms with Gasteiger partial charge in [0.1, 0.15) is 0 Å². The molecule has 6 nitrogen and oxygen atoms in total. The normalized spacial score (nSPS) is 12.7. The number of carbonyl (C=O) groups excluding carboxylic acids is 2. The number of unbranched alkanes of at least 4 members (excludes halogenated alkanes) is 41. The molecular weight excluding hydrogens is 803 g/mol. The van der Waals surface area contributed by atoms with E-state index >= 15 is 0 Å². The Kier molecular flexibility index (Phi) is 53.5. The lowest BCUT2D eigenvalue weighted by Crippen LogP contribution is -2.45. The van der Waals surface area contributed by atoms with Gasteiger partial charge in [-0.05, 0) is 57.8 Å². The Bertz CT molecular complexity index is 1010. The molecule has 0 saturated heterocycles. The van der Waals surface area contributed by atoms with Crippen molar-refractivity contribution in [2.45, 2.75) is 328 Å². The van der Waals surface area contributed by atoms with Crippen molar-refractivity contribution in [1.82, 2.24) is 5.32 Å². The molecule has 6 heteroatoms. The van der Waals surface area contributed by atoms with Gasteiger partial charge in [-0.1, -0.05) is 269 Å². The number of ether oxygens (including phenoxy) is 1. The highest BCUT2D eigenvalue weighted by Crippen LogP contribution is 2.17. The molecule has 1 amide bonds. The van der Waals surface area contributed by atoms with Crippen molar-refractivity contribution in [2.75, 3.05) is 13.2 Å². The molecule has 0 aliphatic carbocycles. The van der Waals surface area contributed by atoms with Crippen molar-refractivity contribution in [3.63, 3.8) is 0 Å². The van der Waals surface area contributed by atoms with Crippen LogP contribution in [0.3, 0.4) is 0 Å². The van der Waals surface area contributed by atoms with E-state index in [-0.39, 0.29) is 18.5 Å². The summed E-state index contributed by atoms with van der Waals surface area (Å²) in [7, 11) is 0. The third-order valence-corrected chi connectivity index (χ3v) is 13.5. The zero-order chi connectivity index (χ0) is 47.2. The highest BCUT2D eigenvalue weighted by Gasteiger charge is 2.18. The van der Waals surface area contributed by atoms with E-state index in [1.807, 2.05) is 6.08 Å². The van der Waals surface area contributed by atoms with E-state index in [2.05, 4.69) is 31.3 Å². The summed E-state index contributed by atoms with van der Waals surface area (Å²) in [5, 5.41) is 23.0. The van der Waals surface area contributed by atoms with Crippen LogP contribution in [0.25, 0.3) is 0 Å². The molecule has 2 unspecified atom stereocenters. The van der Waals surface area contributed by atoms with Gasteiger partial charge in [0.15, 0.2) is 0 Å². The first-order chi connectivity index (χ1) is 32.0. The number of aliphatic hydroxyl groups is 2. The minimum atomic E-state index is -0.844. The van der Waals surface area contributed by atoms with E-state index in [1.54, 1.807) is 6.08 Å². The highest BCUT2D eigenvalue weighted by atomic mass is 16.5. The molecule has 0 aromatic rings. The lowest BCUT2D eigenvalue weighted by atomic mass is 10.0. The minimum Gasteiger partial charge on any atom is -0.466 e. The quantitative estimate of drug-likeness (QED) is 0.0321. The van der Waals surface area contributed by atoms with Gasteiger partial charge in [-0.25, -0.2) is 0 Å². The van der Waals surface area contributed by atoms with Crippen molar-refractivity contribution in [1.29, 1.82) is 0 Å². The summed E-state index contributed by atoms with van der Waals surface area (Å²) in [5.74, 6) is -0.0640. The second kappa shape index (κ2) is 54.9. The van der Waals surface area contributed by atoms with Gasteiger partial charge in [-0.2, -0.15) is 0 Å². The maximum Gasteiger partial charge on any atom is 0.305 e. The second-order valence-electron chi connectivity index (χ2n) is 20.0. The van der Waals surface area contributed by atoms with Crippen LogP contribution in [0.4, 0.5) is 0 Å². The monoisotopic (exact) mass is 916 g/mol. The van der Waals surface area contributed by atoms with Crippen LogP contribution < -0.4 is 5.32 Å². The van der Waals surface area contributed by atoms with Crippen LogP contribution in [-0.4, -0.2) is 47.4 Å². The fourth-order valence-electron chi connectivity index (χ4n) is 8.98. The van der Waals surface area contributed by atoms with E-state index in [0.29, 0.717) is 19.4 Å². The predicted molar refractivity (Wildman–Crippen MR) is 283 cm³/mol. The number of amides is 1. The molecule has 0 heterocycles. The Morgan fingerprint density at radius 1 is 0.415 bits per heavy atom. The Hall–Kier alpha value is -1.66. The maximum atomic E-state index is 12.4. The molecule has 2 atom stereocenters. The van der Waals surface area contributed by atoms with Crippen molar-refractivity contribution >= 4 is 11.9 Å². The minimum absolute atomic E-state index is 0.00658. The topological polar surface area (TPSA) is 95.9 Å². The van der Waals surface area contributed by atoms with Gasteiger partial charge in [0.2, 0.25) is 5.91 Å². The molecule has 0 aromatic heterocycles. The number of aliphatic hydroxyl groups excluding tert-OH is 2. The molecule has 0 fully saturated rings. The number of nitrogens with one attached hydrogen (secondary N) is 1. The number of hydrogen-bond donors (Lipinski definition) is 3. The van der Waals surface area contributed by atoms with Crippen molar-refractivity contribution in [2.24, 2.45) is 0 Å². The summed E-state index contributed by atoms with van der Waals surface area (Å²) in [4.78, 5) is 24.5.